The van der Waals surface area contributed by atoms with E-state index in [1.165, 1.54) is 12.8 Å². The fourth-order valence-corrected chi connectivity index (χ4v) is 4.14. The van der Waals surface area contributed by atoms with Gasteiger partial charge in [-0.2, -0.15) is 0 Å². The Morgan fingerprint density at radius 3 is 2.54 bits per heavy atom. The molecule has 0 aliphatic carbocycles. The van der Waals surface area contributed by atoms with E-state index in [9.17, 15) is 9.59 Å². The molecule has 1 aromatic rings. The van der Waals surface area contributed by atoms with Crippen LogP contribution in [0.2, 0.25) is 0 Å². The molecule has 2 N–H and O–H groups in total. The van der Waals surface area contributed by atoms with Crippen LogP contribution in [0.5, 0.6) is 0 Å². The van der Waals surface area contributed by atoms with Gasteiger partial charge in [-0.25, -0.2) is 0 Å². The van der Waals surface area contributed by atoms with Crippen LogP contribution >= 0.6 is 12.4 Å². The smallest absolute Gasteiger partial charge is 0.253 e. The van der Waals surface area contributed by atoms with E-state index >= 15 is 0 Å². The minimum absolute atomic E-state index is 0. The van der Waals surface area contributed by atoms with Gasteiger partial charge in [-0.3, -0.25) is 9.59 Å². The highest BCUT2D eigenvalue weighted by Gasteiger charge is 2.34. The van der Waals surface area contributed by atoms with Gasteiger partial charge in [-0.1, -0.05) is 12.1 Å². The summed E-state index contributed by atoms with van der Waals surface area (Å²) in [6.07, 6.45) is 6.21. The summed E-state index contributed by atoms with van der Waals surface area (Å²) in [5, 5.41) is 6.66. The molecule has 2 heterocycles. The Balaban J connectivity index is 0.00000243. The molecule has 144 valence electrons. The van der Waals surface area contributed by atoms with Crippen LogP contribution in [-0.4, -0.2) is 49.4 Å². The Bertz CT molecular complexity index is 623. The Hall–Kier alpha value is -1.59. The maximum absolute atomic E-state index is 12.2. The van der Waals surface area contributed by atoms with Gasteiger partial charge in [0.15, 0.2) is 0 Å². The number of benzene rings is 1. The highest BCUT2D eigenvalue weighted by molar-refractivity contribution is 5.94. The van der Waals surface area contributed by atoms with Crippen LogP contribution in [0.4, 0.5) is 0 Å². The van der Waals surface area contributed by atoms with Crippen LogP contribution in [0, 0.1) is 5.92 Å². The Morgan fingerprint density at radius 1 is 1.19 bits per heavy atom. The summed E-state index contributed by atoms with van der Waals surface area (Å²) in [6.45, 7) is 0.621. The summed E-state index contributed by atoms with van der Waals surface area (Å²) in [6, 6.07) is 8.92. The van der Waals surface area contributed by atoms with E-state index in [0.29, 0.717) is 36.5 Å². The summed E-state index contributed by atoms with van der Waals surface area (Å²) in [5.41, 5.74) is 1.77. The van der Waals surface area contributed by atoms with E-state index in [1.807, 2.05) is 24.3 Å². The Labute approximate surface area is 162 Å². The molecule has 2 amide bonds. The normalized spacial score (nSPS) is 23.8. The Morgan fingerprint density at radius 2 is 1.88 bits per heavy atom. The average Bonchev–Trinajstić information content (AvgIpc) is 2.93. The molecule has 2 atom stereocenters. The van der Waals surface area contributed by atoms with Crippen molar-refractivity contribution in [2.75, 3.05) is 20.6 Å². The van der Waals surface area contributed by atoms with Crippen molar-refractivity contribution in [1.82, 2.24) is 15.5 Å². The summed E-state index contributed by atoms with van der Waals surface area (Å²) in [7, 11) is 3.50. The van der Waals surface area contributed by atoms with Crippen LogP contribution in [0.25, 0.3) is 0 Å². The molecule has 2 aliphatic rings. The molecule has 0 spiro atoms. The first-order valence-electron chi connectivity index (χ1n) is 9.34. The minimum Gasteiger partial charge on any atom is -0.356 e. The van der Waals surface area contributed by atoms with Crippen LogP contribution in [-0.2, 0) is 11.2 Å². The maximum Gasteiger partial charge on any atom is 0.253 e. The quantitative estimate of drug-likeness (QED) is 0.797. The van der Waals surface area contributed by atoms with Crippen molar-refractivity contribution in [3.8, 4) is 0 Å². The van der Waals surface area contributed by atoms with Crippen molar-refractivity contribution in [2.24, 2.45) is 5.92 Å². The lowest BCUT2D eigenvalue weighted by Gasteiger charge is -2.28. The first kappa shape index (κ1) is 20.7. The van der Waals surface area contributed by atoms with Crippen LogP contribution in [0.1, 0.15) is 48.0 Å². The topological polar surface area (TPSA) is 61.4 Å². The van der Waals surface area contributed by atoms with Crippen molar-refractivity contribution in [3.05, 3.63) is 35.4 Å². The predicted molar refractivity (Wildman–Crippen MR) is 106 cm³/mol. The molecule has 3 rings (SSSR count). The van der Waals surface area contributed by atoms with E-state index in [1.54, 1.807) is 19.0 Å². The molecule has 0 radical (unpaired) electrons. The van der Waals surface area contributed by atoms with Crippen molar-refractivity contribution in [3.63, 3.8) is 0 Å². The lowest BCUT2D eigenvalue weighted by molar-refractivity contribution is -0.122. The molecule has 2 fully saturated rings. The maximum atomic E-state index is 12.2. The number of carbonyl (C=O) groups is 2. The monoisotopic (exact) mass is 379 g/mol. The molecule has 5 nitrogen and oxygen atoms in total. The average molecular weight is 380 g/mol. The molecular formula is C20H30ClN3O2. The van der Waals surface area contributed by atoms with Gasteiger partial charge in [0.1, 0.15) is 0 Å². The van der Waals surface area contributed by atoms with E-state index < -0.39 is 0 Å². The number of hydrogen-bond acceptors (Lipinski definition) is 3. The van der Waals surface area contributed by atoms with Gasteiger partial charge in [0.2, 0.25) is 5.91 Å². The minimum atomic E-state index is 0. The van der Waals surface area contributed by atoms with Crippen LogP contribution in [0.3, 0.4) is 0 Å². The zero-order valence-electron chi connectivity index (χ0n) is 15.7. The summed E-state index contributed by atoms with van der Waals surface area (Å²) < 4.78 is 0. The highest BCUT2D eigenvalue weighted by Crippen LogP contribution is 2.32. The molecular weight excluding hydrogens is 350 g/mol. The molecule has 2 aliphatic heterocycles. The summed E-state index contributed by atoms with van der Waals surface area (Å²) in [5.74, 6) is 0.693. The van der Waals surface area contributed by atoms with Crippen molar-refractivity contribution < 1.29 is 9.59 Å². The van der Waals surface area contributed by atoms with Crippen molar-refractivity contribution >= 4 is 24.2 Å². The molecule has 2 unspecified atom stereocenters. The zero-order chi connectivity index (χ0) is 17.8. The van der Waals surface area contributed by atoms with E-state index in [4.69, 9.17) is 0 Å². The number of carbonyl (C=O) groups excluding carboxylic acids is 2. The second-order valence-corrected chi connectivity index (χ2v) is 7.68. The van der Waals surface area contributed by atoms with Gasteiger partial charge >= 0.3 is 0 Å². The number of nitrogens with zero attached hydrogens (tertiary/aromatic N) is 1. The second-order valence-electron chi connectivity index (χ2n) is 7.68. The number of rotatable bonds is 6. The fourth-order valence-electron chi connectivity index (χ4n) is 4.14. The van der Waals surface area contributed by atoms with Gasteiger partial charge < -0.3 is 15.5 Å². The Kier molecular flexibility index (Phi) is 7.47. The van der Waals surface area contributed by atoms with Gasteiger partial charge in [-0.05, 0) is 55.7 Å². The van der Waals surface area contributed by atoms with Gasteiger partial charge in [0.25, 0.3) is 5.91 Å². The first-order valence-corrected chi connectivity index (χ1v) is 9.34. The summed E-state index contributed by atoms with van der Waals surface area (Å²) in [4.78, 5) is 25.8. The third kappa shape index (κ3) is 5.45. The van der Waals surface area contributed by atoms with Gasteiger partial charge in [0, 0.05) is 44.7 Å². The third-order valence-corrected chi connectivity index (χ3v) is 5.36. The molecule has 0 aromatic heterocycles. The van der Waals surface area contributed by atoms with E-state index in [-0.39, 0.29) is 24.2 Å². The molecule has 6 heteroatoms. The van der Waals surface area contributed by atoms with Crippen molar-refractivity contribution in [1.29, 1.82) is 0 Å². The first-order chi connectivity index (χ1) is 12.0. The number of nitrogens with one attached hydrogen (secondary N) is 2. The second kappa shape index (κ2) is 9.38. The predicted octanol–water partition coefficient (Wildman–Crippen LogP) is 2.39. The lowest BCUT2D eigenvalue weighted by Crippen LogP contribution is -2.39. The zero-order valence-corrected chi connectivity index (χ0v) is 16.5. The van der Waals surface area contributed by atoms with E-state index in [2.05, 4.69) is 10.6 Å². The van der Waals surface area contributed by atoms with Crippen LogP contribution in [0.15, 0.2) is 24.3 Å². The number of hydrogen-bond donors (Lipinski definition) is 2. The number of piperidine rings is 1. The largest absolute Gasteiger partial charge is 0.356 e. The molecule has 26 heavy (non-hydrogen) atoms. The number of fused-ring (bicyclic) bond motifs is 2. The van der Waals surface area contributed by atoms with E-state index in [0.717, 1.165) is 24.8 Å². The summed E-state index contributed by atoms with van der Waals surface area (Å²) >= 11 is 0. The lowest BCUT2D eigenvalue weighted by atomic mass is 9.89. The standard InChI is InChI=1S/C20H29N3O2.ClH/c1-23(2)20(25)16-5-3-4-14(10-16)8-9-21-19(24)13-15-11-17-6-7-18(12-15)22-17;/h3-5,10,15,17-18,22H,6-9,11-13H2,1-2H3,(H,21,24);1H. The highest BCUT2D eigenvalue weighted by atomic mass is 35.5. The third-order valence-electron chi connectivity index (χ3n) is 5.36. The number of amides is 2. The van der Waals surface area contributed by atoms with Crippen molar-refractivity contribution in [2.45, 2.75) is 50.6 Å². The molecule has 2 saturated heterocycles. The molecule has 0 saturated carbocycles. The molecule has 2 bridgehead atoms. The van der Waals surface area contributed by atoms with Gasteiger partial charge in [-0.15, -0.1) is 12.4 Å². The SMILES string of the molecule is CN(C)C(=O)c1cccc(CCNC(=O)CC2CC3CCC(C2)N3)c1.Cl. The van der Waals surface area contributed by atoms with Gasteiger partial charge in [0.05, 0.1) is 0 Å². The fraction of sp³-hybridized carbons (Fsp3) is 0.600. The number of halogens is 1. The van der Waals surface area contributed by atoms with Crippen LogP contribution < -0.4 is 10.6 Å². The molecule has 1 aromatic carbocycles.